The molecule has 0 aliphatic carbocycles. The maximum atomic E-state index is 12.5. The minimum absolute atomic E-state index is 0.0442. The summed E-state index contributed by atoms with van der Waals surface area (Å²) < 4.78 is 3.91. The molecular weight excluding hydrogens is 356 g/mol. The fraction of sp³-hybridized carbons (Fsp3) is 0.600. The first kappa shape index (κ1) is 18.9. The van der Waals surface area contributed by atoms with E-state index in [2.05, 4.69) is 26.7 Å². The third-order valence-electron chi connectivity index (χ3n) is 5.95. The van der Waals surface area contributed by atoms with Crippen LogP contribution in [0.25, 0.3) is 0 Å². The van der Waals surface area contributed by atoms with Crippen LogP contribution in [0.3, 0.4) is 0 Å². The van der Waals surface area contributed by atoms with Gasteiger partial charge in [-0.2, -0.15) is 0 Å². The topological polar surface area (TPSA) is 76.3 Å². The molecule has 0 N–H and O–H groups in total. The summed E-state index contributed by atoms with van der Waals surface area (Å²) in [7, 11) is 2.06. The van der Waals surface area contributed by atoms with Crippen LogP contribution in [0.1, 0.15) is 43.3 Å². The van der Waals surface area contributed by atoms with E-state index in [4.69, 9.17) is 0 Å². The number of pyridine rings is 1. The van der Waals surface area contributed by atoms with Gasteiger partial charge in [-0.3, -0.25) is 14.5 Å². The Morgan fingerprint density at radius 3 is 2.43 bits per heavy atom. The van der Waals surface area contributed by atoms with Crippen molar-refractivity contribution in [2.45, 2.75) is 44.7 Å². The van der Waals surface area contributed by atoms with Crippen LogP contribution in [0.4, 0.5) is 0 Å². The molecule has 2 fully saturated rings. The van der Waals surface area contributed by atoms with Crippen LogP contribution in [0.5, 0.6) is 0 Å². The zero-order chi connectivity index (χ0) is 19.5. The van der Waals surface area contributed by atoms with E-state index in [9.17, 15) is 9.59 Å². The number of hydrogen-bond acceptors (Lipinski definition) is 5. The zero-order valence-electron chi connectivity index (χ0n) is 16.5. The van der Waals surface area contributed by atoms with Crippen molar-refractivity contribution >= 4 is 5.91 Å². The number of nitrogens with zero attached hydrogens (tertiary/aromatic N) is 6. The molecule has 2 aliphatic heterocycles. The predicted octanol–water partition coefficient (Wildman–Crippen LogP) is 0.979. The summed E-state index contributed by atoms with van der Waals surface area (Å²) in [4.78, 5) is 28.1. The Morgan fingerprint density at radius 2 is 1.75 bits per heavy atom. The molecular formula is C20H28N6O2. The molecule has 0 unspecified atom stereocenters. The van der Waals surface area contributed by atoms with Crippen LogP contribution < -0.4 is 5.43 Å². The Kier molecular flexibility index (Phi) is 5.57. The van der Waals surface area contributed by atoms with E-state index in [-0.39, 0.29) is 17.9 Å². The second-order valence-electron chi connectivity index (χ2n) is 7.88. The van der Waals surface area contributed by atoms with E-state index >= 15 is 0 Å². The number of carbonyl (C=O) groups excluding carboxylic acids is 1. The third kappa shape index (κ3) is 4.16. The van der Waals surface area contributed by atoms with Crippen molar-refractivity contribution in [3.63, 3.8) is 0 Å². The van der Waals surface area contributed by atoms with Gasteiger partial charge in [0.1, 0.15) is 18.2 Å². The van der Waals surface area contributed by atoms with E-state index in [1.807, 2.05) is 4.90 Å². The molecule has 0 spiro atoms. The van der Waals surface area contributed by atoms with Gasteiger partial charge in [-0.15, -0.1) is 10.2 Å². The van der Waals surface area contributed by atoms with E-state index in [0.29, 0.717) is 5.92 Å². The molecule has 2 saturated heterocycles. The van der Waals surface area contributed by atoms with Gasteiger partial charge >= 0.3 is 0 Å². The first-order valence-corrected chi connectivity index (χ1v) is 10.1. The lowest BCUT2D eigenvalue weighted by Gasteiger charge is -2.31. The quantitative estimate of drug-likeness (QED) is 0.768. The number of carbonyl (C=O) groups is 1. The minimum Gasteiger partial charge on any atom is -0.345 e. The molecule has 2 aromatic rings. The van der Waals surface area contributed by atoms with Crippen LogP contribution in [-0.2, 0) is 24.9 Å². The highest BCUT2D eigenvalue weighted by Gasteiger charge is 2.27. The average Bonchev–Trinajstić information content (AvgIpc) is 3.35. The van der Waals surface area contributed by atoms with Gasteiger partial charge in [-0.1, -0.05) is 0 Å². The molecule has 0 bridgehead atoms. The summed E-state index contributed by atoms with van der Waals surface area (Å²) in [5, 5.41) is 8.91. The molecule has 0 saturated carbocycles. The van der Waals surface area contributed by atoms with E-state index in [0.717, 1.165) is 57.2 Å². The Morgan fingerprint density at radius 1 is 1.07 bits per heavy atom. The summed E-state index contributed by atoms with van der Waals surface area (Å²) >= 11 is 0. The largest absolute Gasteiger partial charge is 0.345 e. The van der Waals surface area contributed by atoms with Crippen molar-refractivity contribution in [2.75, 3.05) is 26.2 Å². The Labute approximate surface area is 164 Å². The molecule has 2 aromatic heterocycles. The molecule has 8 nitrogen and oxygen atoms in total. The normalized spacial score (nSPS) is 18.7. The van der Waals surface area contributed by atoms with Gasteiger partial charge < -0.3 is 14.0 Å². The van der Waals surface area contributed by atoms with Crippen molar-refractivity contribution in [3.8, 4) is 0 Å². The number of piperidine rings is 1. The van der Waals surface area contributed by atoms with E-state index in [1.54, 1.807) is 17.0 Å². The number of hydrogen-bond donors (Lipinski definition) is 0. The summed E-state index contributed by atoms with van der Waals surface area (Å²) in [5.41, 5.74) is -0.0442. The SMILES string of the molecule is Cn1c(CN2CCCC2)nnc1C1CCN(C(=O)Cn2ccc(=O)cc2)CC1. The fourth-order valence-corrected chi connectivity index (χ4v) is 4.20. The smallest absolute Gasteiger partial charge is 0.242 e. The highest BCUT2D eigenvalue weighted by atomic mass is 16.2. The van der Waals surface area contributed by atoms with Crippen LogP contribution in [0, 0.1) is 0 Å². The van der Waals surface area contributed by atoms with Crippen molar-refractivity contribution in [2.24, 2.45) is 7.05 Å². The fourth-order valence-electron chi connectivity index (χ4n) is 4.20. The highest BCUT2D eigenvalue weighted by molar-refractivity contribution is 5.76. The van der Waals surface area contributed by atoms with Crippen molar-refractivity contribution in [3.05, 3.63) is 46.4 Å². The van der Waals surface area contributed by atoms with Crippen LogP contribution in [0.2, 0.25) is 0 Å². The van der Waals surface area contributed by atoms with Gasteiger partial charge in [0.25, 0.3) is 0 Å². The van der Waals surface area contributed by atoms with Crippen molar-refractivity contribution < 1.29 is 4.79 Å². The minimum atomic E-state index is -0.0442. The molecule has 4 rings (SSSR count). The Bertz CT molecular complexity index is 855. The van der Waals surface area contributed by atoms with Gasteiger partial charge in [0.15, 0.2) is 5.43 Å². The average molecular weight is 384 g/mol. The maximum Gasteiger partial charge on any atom is 0.242 e. The predicted molar refractivity (Wildman–Crippen MR) is 105 cm³/mol. The van der Waals surface area contributed by atoms with Crippen LogP contribution in [0.15, 0.2) is 29.3 Å². The van der Waals surface area contributed by atoms with E-state index < -0.39 is 0 Å². The molecule has 8 heteroatoms. The van der Waals surface area contributed by atoms with Gasteiger partial charge in [-0.05, 0) is 38.8 Å². The summed E-state index contributed by atoms with van der Waals surface area (Å²) in [6, 6.07) is 2.96. The number of rotatable bonds is 5. The van der Waals surface area contributed by atoms with Gasteiger partial charge in [-0.25, -0.2) is 0 Å². The van der Waals surface area contributed by atoms with E-state index in [1.165, 1.54) is 25.0 Å². The molecule has 150 valence electrons. The van der Waals surface area contributed by atoms with Crippen molar-refractivity contribution in [1.82, 2.24) is 29.1 Å². The first-order chi connectivity index (χ1) is 13.6. The Balaban J connectivity index is 1.32. The molecule has 4 heterocycles. The van der Waals surface area contributed by atoms with Crippen LogP contribution in [-0.4, -0.2) is 61.2 Å². The van der Waals surface area contributed by atoms with Gasteiger partial charge in [0.2, 0.25) is 5.91 Å². The molecule has 0 atom stereocenters. The summed E-state index contributed by atoms with van der Waals surface area (Å²) in [6.45, 7) is 4.92. The standard InChI is InChI=1S/C20H28N6O2/c1-23-18(14-24-8-2-3-9-24)21-22-20(23)16-4-12-26(13-5-16)19(28)15-25-10-6-17(27)7-11-25/h6-7,10-11,16H,2-5,8-9,12-15H2,1H3. The molecule has 2 aliphatic rings. The summed E-state index contributed by atoms with van der Waals surface area (Å²) in [6.07, 6.45) is 7.69. The second-order valence-corrected chi connectivity index (χ2v) is 7.88. The molecule has 0 radical (unpaired) electrons. The summed E-state index contributed by atoms with van der Waals surface area (Å²) in [5.74, 6) is 2.52. The number of likely N-dealkylation sites (tertiary alicyclic amines) is 2. The lowest BCUT2D eigenvalue weighted by molar-refractivity contribution is -0.132. The van der Waals surface area contributed by atoms with Gasteiger partial charge in [0, 0.05) is 50.6 Å². The first-order valence-electron chi connectivity index (χ1n) is 10.1. The highest BCUT2D eigenvalue weighted by Crippen LogP contribution is 2.27. The molecule has 0 aromatic carbocycles. The number of aromatic nitrogens is 4. The maximum absolute atomic E-state index is 12.5. The monoisotopic (exact) mass is 384 g/mol. The zero-order valence-corrected chi connectivity index (χ0v) is 16.5. The molecule has 28 heavy (non-hydrogen) atoms. The lowest BCUT2D eigenvalue weighted by Crippen LogP contribution is -2.40. The molecule has 1 amide bonds. The Hall–Kier alpha value is -2.48. The van der Waals surface area contributed by atoms with Gasteiger partial charge in [0.05, 0.1) is 6.54 Å². The third-order valence-corrected chi connectivity index (χ3v) is 5.95. The lowest BCUT2D eigenvalue weighted by atomic mass is 9.96. The van der Waals surface area contributed by atoms with Crippen molar-refractivity contribution in [1.29, 1.82) is 0 Å². The van der Waals surface area contributed by atoms with Crippen LogP contribution >= 0.6 is 0 Å². The number of amides is 1. The second kappa shape index (κ2) is 8.26.